The summed E-state index contributed by atoms with van der Waals surface area (Å²) < 4.78 is 0. The van der Waals surface area contributed by atoms with Crippen molar-refractivity contribution in [2.24, 2.45) is 10.2 Å². The number of nitrogens with zero attached hydrogens (tertiary/aromatic N) is 2. The number of hydrogen-bond acceptors (Lipinski definition) is 2. The summed E-state index contributed by atoms with van der Waals surface area (Å²) >= 11 is 0. The van der Waals surface area contributed by atoms with E-state index in [2.05, 4.69) is 16.1 Å². The number of hydrogen-bond donors (Lipinski definition) is 0. The van der Waals surface area contributed by atoms with Crippen LogP contribution in [0.1, 0.15) is 5.56 Å². The van der Waals surface area contributed by atoms with Gasteiger partial charge in [0, 0.05) is 5.56 Å². The van der Waals surface area contributed by atoms with Crippen LogP contribution in [0.15, 0.2) is 89.1 Å². The van der Waals surface area contributed by atoms with Gasteiger partial charge in [-0.15, -0.1) is 6.42 Å². The van der Waals surface area contributed by atoms with Gasteiger partial charge in [-0.3, -0.25) is 0 Å². The monoisotopic (exact) mass is 314 g/mol. The second-order valence-corrected chi connectivity index (χ2v) is 4.00. The van der Waals surface area contributed by atoms with Crippen LogP contribution in [0, 0.1) is 12.3 Å². The fourth-order valence-electron chi connectivity index (χ4n) is 1.49. The van der Waals surface area contributed by atoms with Crippen LogP contribution in [-0.2, 0) is 17.1 Å². The molecule has 3 aromatic rings. The molecule has 0 bridgehead atoms. The van der Waals surface area contributed by atoms with E-state index < -0.39 is 0 Å². The summed E-state index contributed by atoms with van der Waals surface area (Å²) in [5.74, 6) is 2.55. The fraction of sp³-hybridized carbons (Fsp3) is 0. The van der Waals surface area contributed by atoms with Crippen molar-refractivity contribution in [1.82, 2.24) is 0 Å². The Bertz CT molecular complexity index is 640. The summed E-state index contributed by atoms with van der Waals surface area (Å²) in [6.07, 6.45) is 5.25. The molecule has 0 heterocycles. The third-order valence-electron chi connectivity index (χ3n) is 2.52. The first-order valence-electron chi connectivity index (χ1n) is 6.25. The van der Waals surface area contributed by atoms with E-state index >= 15 is 0 Å². The SMILES string of the molecule is C#Cc1ccc(N=N[c-]2cccc2)cc1.[Fe+2].c1cc[cH-]c1. The van der Waals surface area contributed by atoms with E-state index in [0.717, 1.165) is 16.9 Å². The van der Waals surface area contributed by atoms with Crippen molar-refractivity contribution in [3.8, 4) is 12.3 Å². The Kier molecular flexibility index (Phi) is 7.53. The normalized spacial score (nSPS) is 9.29. The van der Waals surface area contributed by atoms with Crippen LogP contribution in [0.2, 0.25) is 0 Å². The predicted molar refractivity (Wildman–Crippen MR) is 82.6 cm³/mol. The van der Waals surface area contributed by atoms with Gasteiger partial charge >= 0.3 is 17.1 Å². The number of rotatable bonds is 2. The van der Waals surface area contributed by atoms with Crippen LogP contribution in [-0.4, -0.2) is 0 Å². The molecule has 0 amide bonds. The van der Waals surface area contributed by atoms with Crippen LogP contribution >= 0.6 is 0 Å². The Hall–Kier alpha value is -2.40. The minimum absolute atomic E-state index is 0. The molecule has 104 valence electrons. The first-order valence-corrected chi connectivity index (χ1v) is 6.25. The quantitative estimate of drug-likeness (QED) is 0.269. The number of azo groups is 1. The average Bonchev–Trinajstić information content (AvgIpc) is 3.21. The largest absolute Gasteiger partial charge is 2.00 e. The molecule has 0 atom stereocenters. The molecule has 0 saturated heterocycles. The Balaban J connectivity index is 0.000000313. The van der Waals surface area contributed by atoms with E-state index in [0.29, 0.717) is 0 Å². The molecule has 0 unspecified atom stereocenters. The van der Waals surface area contributed by atoms with Gasteiger partial charge in [0.15, 0.2) is 0 Å². The van der Waals surface area contributed by atoms with E-state index in [1.165, 1.54) is 0 Å². The van der Waals surface area contributed by atoms with Crippen molar-refractivity contribution < 1.29 is 17.1 Å². The van der Waals surface area contributed by atoms with Gasteiger partial charge in [-0.25, -0.2) is 29.4 Å². The number of terminal acetylenes is 1. The molecular formula is C18H14FeN2. The Labute approximate surface area is 135 Å². The molecule has 0 radical (unpaired) electrons. The standard InChI is InChI=1S/C13H9N2.C5H5.Fe/c1-2-11-7-9-13(10-8-11)15-14-12-5-3-4-6-12;1-2-4-5-3-1;/h1,3-10H;1-5H;/q2*-1;+2. The van der Waals surface area contributed by atoms with Gasteiger partial charge < -0.3 is 0 Å². The molecule has 2 nitrogen and oxygen atoms in total. The van der Waals surface area contributed by atoms with Crippen molar-refractivity contribution in [3.63, 3.8) is 0 Å². The Morgan fingerprint density at radius 1 is 0.952 bits per heavy atom. The Morgan fingerprint density at radius 2 is 1.57 bits per heavy atom. The third kappa shape index (κ3) is 6.05. The summed E-state index contributed by atoms with van der Waals surface area (Å²) in [5.41, 5.74) is 2.51. The van der Waals surface area contributed by atoms with Crippen LogP contribution in [0.5, 0.6) is 0 Å². The van der Waals surface area contributed by atoms with Crippen molar-refractivity contribution in [2.45, 2.75) is 0 Å². The Morgan fingerprint density at radius 3 is 2.05 bits per heavy atom. The minimum Gasteiger partial charge on any atom is -0.218 e. The molecule has 0 aromatic heterocycles. The molecule has 0 fully saturated rings. The zero-order valence-corrected chi connectivity index (χ0v) is 12.4. The molecule has 3 heteroatoms. The number of benzene rings is 1. The molecule has 21 heavy (non-hydrogen) atoms. The third-order valence-corrected chi connectivity index (χ3v) is 2.52. The molecule has 0 aliphatic heterocycles. The van der Waals surface area contributed by atoms with Crippen molar-refractivity contribution in [2.75, 3.05) is 0 Å². The van der Waals surface area contributed by atoms with Gasteiger partial charge in [0.2, 0.25) is 0 Å². The van der Waals surface area contributed by atoms with Crippen LogP contribution < -0.4 is 0 Å². The molecule has 0 spiro atoms. The maximum Gasteiger partial charge on any atom is 2.00 e. The summed E-state index contributed by atoms with van der Waals surface area (Å²) in [4.78, 5) is 0. The van der Waals surface area contributed by atoms with Crippen molar-refractivity contribution in [3.05, 3.63) is 84.4 Å². The van der Waals surface area contributed by atoms with Gasteiger partial charge in [0.05, 0.1) is 5.69 Å². The first-order chi connectivity index (χ1) is 9.88. The molecule has 0 saturated carbocycles. The van der Waals surface area contributed by atoms with Crippen LogP contribution in [0.3, 0.4) is 0 Å². The van der Waals surface area contributed by atoms with E-state index in [-0.39, 0.29) is 17.1 Å². The van der Waals surface area contributed by atoms with E-state index in [4.69, 9.17) is 6.42 Å². The second-order valence-electron chi connectivity index (χ2n) is 4.00. The summed E-state index contributed by atoms with van der Waals surface area (Å²) in [6, 6.07) is 25.0. The minimum atomic E-state index is 0. The molecule has 0 aliphatic carbocycles. The van der Waals surface area contributed by atoms with Gasteiger partial charge in [0.1, 0.15) is 0 Å². The van der Waals surface area contributed by atoms with Gasteiger partial charge in [-0.1, -0.05) is 5.92 Å². The average molecular weight is 314 g/mol. The molecular weight excluding hydrogens is 300 g/mol. The van der Waals surface area contributed by atoms with Crippen LogP contribution in [0.25, 0.3) is 0 Å². The van der Waals surface area contributed by atoms with Gasteiger partial charge in [-0.2, -0.15) is 35.4 Å². The molecule has 0 aliphatic rings. The van der Waals surface area contributed by atoms with E-state index in [9.17, 15) is 0 Å². The zero-order chi connectivity index (χ0) is 14.0. The predicted octanol–water partition coefficient (Wildman–Crippen LogP) is 5.21. The molecule has 3 rings (SSSR count). The summed E-state index contributed by atoms with van der Waals surface area (Å²) in [7, 11) is 0. The smallest absolute Gasteiger partial charge is 0.218 e. The molecule has 0 N–H and O–H groups in total. The van der Waals surface area contributed by atoms with Gasteiger partial charge in [0.25, 0.3) is 0 Å². The summed E-state index contributed by atoms with van der Waals surface area (Å²) in [6.45, 7) is 0. The zero-order valence-electron chi connectivity index (χ0n) is 11.3. The van der Waals surface area contributed by atoms with Gasteiger partial charge in [-0.05, 0) is 30.0 Å². The topological polar surface area (TPSA) is 24.7 Å². The van der Waals surface area contributed by atoms with E-state index in [1.807, 2.05) is 78.9 Å². The first kappa shape index (κ1) is 16.7. The van der Waals surface area contributed by atoms with Crippen molar-refractivity contribution >= 4 is 11.4 Å². The summed E-state index contributed by atoms with van der Waals surface area (Å²) in [5, 5.41) is 8.15. The maximum atomic E-state index is 5.25. The fourth-order valence-corrected chi connectivity index (χ4v) is 1.49. The maximum absolute atomic E-state index is 5.25. The van der Waals surface area contributed by atoms with Crippen molar-refractivity contribution in [1.29, 1.82) is 0 Å². The van der Waals surface area contributed by atoms with E-state index in [1.54, 1.807) is 0 Å². The van der Waals surface area contributed by atoms with Crippen LogP contribution in [0.4, 0.5) is 11.4 Å². The molecule has 3 aromatic carbocycles. The second kappa shape index (κ2) is 9.49.